The van der Waals surface area contributed by atoms with Gasteiger partial charge < -0.3 is 15.2 Å². The van der Waals surface area contributed by atoms with E-state index in [1.165, 1.54) is 0 Å². The number of benzene rings is 1. The molecule has 0 atom stereocenters. The number of nitrogen functional groups attached to an aromatic ring is 1. The van der Waals surface area contributed by atoms with E-state index in [2.05, 4.69) is 5.16 Å². The van der Waals surface area contributed by atoms with E-state index in [0.717, 1.165) is 22.6 Å². The minimum Gasteiger partial charge on any atom is -0.398 e. The summed E-state index contributed by atoms with van der Waals surface area (Å²) >= 11 is 0. The fourth-order valence-electron chi connectivity index (χ4n) is 2.11. The molecule has 2 rings (SSSR count). The number of anilines is 1. The van der Waals surface area contributed by atoms with E-state index in [1.807, 2.05) is 32.9 Å². The van der Waals surface area contributed by atoms with Gasteiger partial charge in [-0.15, -0.1) is 0 Å². The standard InChI is InChI=1S/C15H19N3O2/c1-9-5-10(2)14(16)7-13(9)15(19)18(4)8-12-6-11(3)20-17-12/h5-7H,8,16H2,1-4H3. The number of carbonyl (C=O) groups excluding carboxylic acids is 1. The van der Waals surface area contributed by atoms with Crippen LogP contribution in [0.15, 0.2) is 22.7 Å². The van der Waals surface area contributed by atoms with E-state index in [4.69, 9.17) is 10.3 Å². The summed E-state index contributed by atoms with van der Waals surface area (Å²) in [6.07, 6.45) is 0. The van der Waals surface area contributed by atoms with Crippen LogP contribution in [0, 0.1) is 20.8 Å². The van der Waals surface area contributed by atoms with Gasteiger partial charge in [-0.2, -0.15) is 0 Å². The molecular weight excluding hydrogens is 254 g/mol. The minimum absolute atomic E-state index is 0.0742. The molecule has 5 nitrogen and oxygen atoms in total. The number of nitrogens with zero attached hydrogens (tertiary/aromatic N) is 2. The Bertz CT molecular complexity index is 647. The molecule has 0 bridgehead atoms. The maximum atomic E-state index is 12.5. The summed E-state index contributed by atoms with van der Waals surface area (Å²) in [5, 5.41) is 3.89. The van der Waals surface area contributed by atoms with Crippen molar-refractivity contribution in [3.8, 4) is 0 Å². The third-order valence-electron chi connectivity index (χ3n) is 3.27. The SMILES string of the molecule is Cc1cc(CN(C)C(=O)c2cc(N)c(C)cc2C)no1. The Morgan fingerprint density at radius 1 is 1.25 bits per heavy atom. The van der Waals surface area contributed by atoms with Crippen LogP contribution < -0.4 is 5.73 Å². The predicted octanol–water partition coefficient (Wildman–Crippen LogP) is 2.45. The highest BCUT2D eigenvalue weighted by Gasteiger charge is 2.16. The van der Waals surface area contributed by atoms with E-state index in [9.17, 15) is 4.79 Å². The van der Waals surface area contributed by atoms with Crippen molar-refractivity contribution in [3.63, 3.8) is 0 Å². The van der Waals surface area contributed by atoms with Gasteiger partial charge in [0.2, 0.25) is 0 Å². The summed E-state index contributed by atoms with van der Waals surface area (Å²) in [5.74, 6) is 0.659. The Balaban J connectivity index is 2.20. The fourth-order valence-corrected chi connectivity index (χ4v) is 2.11. The summed E-state index contributed by atoms with van der Waals surface area (Å²) in [6, 6.07) is 5.48. The van der Waals surface area contributed by atoms with Crippen molar-refractivity contribution in [3.05, 3.63) is 46.3 Å². The van der Waals surface area contributed by atoms with Gasteiger partial charge in [0.05, 0.1) is 6.54 Å². The molecule has 0 saturated carbocycles. The number of aromatic nitrogens is 1. The molecule has 1 aromatic heterocycles. The van der Waals surface area contributed by atoms with Gasteiger partial charge in [0.25, 0.3) is 5.91 Å². The maximum absolute atomic E-state index is 12.5. The van der Waals surface area contributed by atoms with Gasteiger partial charge in [-0.05, 0) is 38.0 Å². The molecule has 0 aliphatic rings. The lowest BCUT2D eigenvalue weighted by Crippen LogP contribution is -2.27. The number of carbonyl (C=O) groups is 1. The van der Waals surface area contributed by atoms with Crippen LogP contribution in [0.25, 0.3) is 0 Å². The molecule has 0 radical (unpaired) electrons. The van der Waals surface area contributed by atoms with Crippen LogP contribution in [0.2, 0.25) is 0 Å². The quantitative estimate of drug-likeness (QED) is 0.872. The molecule has 0 aliphatic heterocycles. The number of nitrogens with two attached hydrogens (primary N) is 1. The highest BCUT2D eigenvalue weighted by Crippen LogP contribution is 2.19. The predicted molar refractivity (Wildman–Crippen MR) is 77.4 cm³/mol. The molecule has 1 amide bonds. The van der Waals surface area contributed by atoms with Crippen LogP contribution in [-0.4, -0.2) is 23.0 Å². The Morgan fingerprint density at radius 3 is 2.55 bits per heavy atom. The number of hydrogen-bond donors (Lipinski definition) is 1. The van der Waals surface area contributed by atoms with Crippen LogP contribution in [0.4, 0.5) is 5.69 Å². The first-order chi connectivity index (χ1) is 9.38. The molecule has 20 heavy (non-hydrogen) atoms. The van der Waals surface area contributed by atoms with Crippen LogP contribution in [0.1, 0.15) is 32.9 Å². The van der Waals surface area contributed by atoms with Crippen molar-refractivity contribution >= 4 is 11.6 Å². The molecular formula is C15H19N3O2. The van der Waals surface area contributed by atoms with Crippen molar-refractivity contribution < 1.29 is 9.32 Å². The molecule has 0 spiro atoms. The lowest BCUT2D eigenvalue weighted by molar-refractivity contribution is 0.0781. The second-order valence-electron chi connectivity index (χ2n) is 5.11. The Morgan fingerprint density at radius 2 is 1.95 bits per heavy atom. The highest BCUT2D eigenvalue weighted by molar-refractivity contribution is 5.96. The summed E-state index contributed by atoms with van der Waals surface area (Å²) in [7, 11) is 1.74. The molecule has 0 aliphatic carbocycles. The average Bonchev–Trinajstić information content (AvgIpc) is 2.78. The molecule has 5 heteroatoms. The molecule has 1 heterocycles. The number of rotatable bonds is 3. The normalized spacial score (nSPS) is 10.6. The Hall–Kier alpha value is -2.30. The maximum Gasteiger partial charge on any atom is 0.254 e. The number of amides is 1. The highest BCUT2D eigenvalue weighted by atomic mass is 16.5. The molecule has 2 aromatic rings. The number of aryl methyl sites for hydroxylation is 3. The molecule has 106 valence electrons. The summed E-state index contributed by atoms with van der Waals surface area (Å²) in [5.41, 5.74) is 9.77. The zero-order valence-corrected chi connectivity index (χ0v) is 12.2. The molecule has 1 aromatic carbocycles. The first kappa shape index (κ1) is 14.1. The van der Waals surface area contributed by atoms with E-state index >= 15 is 0 Å². The lowest BCUT2D eigenvalue weighted by Gasteiger charge is -2.18. The van der Waals surface area contributed by atoms with Gasteiger partial charge in [0.1, 0.15) is 11.5 Å². The largest absolute Gasteiger partial charge is 0.398 e. The third kappa shape index (κ3) is 2.82. The van der Waals surface area contributed by atoms with Crippen LogP contribution in [-0.2, 0) is 6.54 Å². The minimum atomic E-state index is -0.0742. The zero-order valence-electron chi connectivity index (χ0n) is 12.2. The van der Waals surface area contributed by atoms with Crippen molar-refractivity contribution in [1.82, 2.24) is 10.1 Å². The van der Waals surface area contributed by atoms with Crippen LogP contribution >= 0.6 is 0 Å². The van der Waals surface area contributed by atoms with Gasteiger partial charge in [0, 0.05) is 24.4 Å². The van der Waals surface area contributed by atoms with Gasteiger partial charge in [-0.3, -0.25) is 4.79 Å². The second kappa shape index (κ2) is 5.36. The third-order valence-corrected chi connectivity index (χ3v) is 3.27. The number of hydrogen-bond acceptors (Lipinski definition) is 4. The van der Waals surface area contributed by atoms with Gasteiger partial charge >= 0.3 is 0 Å². The lowest BCUT2D eigenvalue weighted by atomic mass is 10.0. The molecule has 0 unspecified atom stereocenters. The van der Waals surface area contributed by atoms with Crippen LogP contribution in [0.3, 0.4) is 0 Å². The Kier molecular flexibility index (Phi) is 3.79. The van der Waals surface area contributed by atoms with Crippen molar-refractivity contribution in [2.75, 3.05) is 12.8 Å². The average molecular weight is 273 g/mol. The van der Waals surface area contributed by atoms with E-state index in [-0.39, 0.29) is 5.91 Å². The smallest absolute Gasteiger partial charge is 0.254 e. The van der Waals surface area contributed by atoms with E-state index in [1.54, 1.807) is 18.0 Å². The molecule has 0 saturated heterocycles. The van der Waals surface area contributed by atoms with Crippen LogP contribution in [0.5, 0.6) is 0 Å². The molecule has 0 fully saturated rings. The summed E-state index contributed by atoms with van der Waals surface area (Å²) < 4.78 is 5.00. The molecule has 2 N–H and O–H groups in total. The van der Waals surface area contributed by atoms with Gasteiger partial charge in [-0.25, -0.2) is 0 Å². The van der Waals surface area contributed by atoms with Crippen molar-refractivity contribution in [2.45, 2.75) is 27.3 Å². The van der Waals surface area contributed by atoms with Gasteiger partial charge in [0.15, 0.2) is 0 Å². The van der Waals surface area contributed by atoms with Crippen molar-refractivity contribution in [2.24, 2.45) is 0 Å². The van der Waals surface area contributed by atoms with E-state index < -0.39 is 0 Å². The summed E-state index contributed by atoms with van der Waals surface area (Å²) in [6.45, 7) is 6.07. The summed E-state index contributed by atoms with van der Waals surface area (Å²) in [4.78, 5) is 14.1. The van der Waals surface area contributed by atoms with Crippen molar-refractivity contribution in [1.29, 1.82) is 0 Å². The van der Waals surface area contributed by atoms with Gasteiger partial charge in [-0.1, -0.05) is 11.2 Å². The topological polar surface area (TPSA) is 72.4 Å². The fraction of sp³-hybridized carbons (Fsp3) is 0.333. The first-order valence-corrected chi connectivity index (χ1v) is 6.43. The monoisotopic (exact) mass is 273 g/mol. The zero-order chi connectivity index (χ0) is 14.9. The first-order valence-electron chi connectivity index (χ1n) is 6.43. The second-order valence-corrected chi connectivity index (χ2v) is 5.11. The Labute approximate surface area is 118 Å². The van der Waals surface area contributed by atoms with E-state index in [0.29, 0.717) is 17.8 Å².